The van der Waals surface area contributed by atoms with E-state index in [1.165, 1.54) is 64.0 Å². The van der Waals surface area contributed by atoms with E-state index in [-0.39, 0.29) is 0 Å². The van der Waals surface area contributed by atoms with Crippen LogP contribution in [0.25, 0.3) is 96.9 Å². The van der Waals surface area contributed by atoms with Gasteiger partial charge in [-0.2, -0.15) is 0 Å². The van der Waals surface area contributed by atoms with Crippen molar-refractivity contribution in [3.63, 3.8) is 0 Å². The van der Waals surface area contributed by atoms with Gasteiger partial charge < -0.3 is 8.83 Å². The molecule has 10 aromatic rings. The van der Waals surface area contributed by atoms with Gasteiger partial charge in [0.2, 0.25) is 0 Å². The topological polar surface area (TPSA) is 26.3 Å². The highest BCUT2D eigenvalue weighted by molar-refractivity contribution is 7.25. The van der Waals surface area contributed by atoms with Crippen LogP contribution >= 0.6 is 11.3 Å². The standard InChI is InChI=1S/C40H22O2S/c1-3-11-29-27(9-1)38(24-16-17-26-25-8-5-6-15-36(25)43-37(26)21-24)28-10-2-4-12-30(28)39(29)31-13-7-14-33-40(31)32-20-23-18-19-41-34(23)22-35(32)42-33/h1-22H. The van der Waals surface area contributed by atoms with Crippen LogP contribution < -0.4 is 0 Å². The lowest BCUT2D eigenvalue weighted by atomic mass is 9.85. The SMILES string of the molecule is c1cc(-c2c3ccccc3c(-c3ccc4c(c3)sc3ccccc34)c3ccccc23)c2c(c1)oc1cc3occc3cc12. The molecule has 0 aliphatic heterocycles. The lowest BCUT2D eigenvalue weighted by Gasteiger charge is -2.18. The van der Waals surface area contributed by atoms with Gasteiger partial charge in [0, 0.05) is 42.4 Å². The van der Waals surface area contributed by atoms with Crippen LogP contribution in [0.3, 0.4) is 0 Å². The molecule has 0 aliphatic carbocycles. The van der Waals surface area contributed by atoms with Crippen LogP contribution in [0.1, 0.15) is 0 Å². The molecule has 7 aromatic carbocycles. The van der Waals surface area contributed by atoms with Crippen molar-refractivity contribution in [2.24, 2.45) is 0 Å². The second kappa shape index (κ2) is 8.57. The highest BCUT2D eigenvalue weighted by Crippen LogP contribution is 2.48. The Morgan fingerprint density at radius 2 is 1.14 bits per heavy atom. The highest BCUT2D eigenvalue weighted by atomic mass is 32.1. The molecule has 2 nitrogen and oxygen atoms in total. The first-order chi connectivity index (χ1) is 21.3. The van der Waals surface area contributed by atoms with Crippen molar-refractivity contribution in [3.8, 4) is 22.3 Å². The summed E-state index contributed by atoms with van der Waals surface area (Å²) in [5.41, 5.74) is 7.49. The van der Waals surface area contributed by atoms with E-state index in [0.29, 0.717) is 0 Å². The lowest BCUT2D eigenvalue weighted by molar-refractivity contribution is 0.613. The fourth-order valence-electron chi connectivity index (χ4n) is 7.10. The first-order valence-corrected chi connectivity index (χ1v) is 15.3. The number of hydrogen-bond donors (Lipinski definition) is 0. The highest BCUT2D eigenvalue weighted by Gasteiger charge is 2.21. The van der Waals surface area contributed by atoms with Crippen molar-refractivity contribution in [3.05, 3.63) is 134 Å². The van der Waals surface area contributed by atoms with Crippen LogP contribution in [0.5, 0.6) is 0 Å². The summed E-state index contributed by atoms with van der Waals surface area (Å²) in [7, 11) is 0. The first-order valence-electron chi connectivity index (χ1n) is 14.5. The summed E-state index contributed by atoms with van der Waals surface area (Å²) in [4.78, 5) is 0. The molecular formula is C40H22O2S. The smallest absolute Gasteiger partial charge is 0.139 e. The van der Waals surface area contributed by atoms with Gasteiger partial charge in [0.15, 0.2) is 0 Å². The molecular weight excluding hydrogens is 545 g/mol. The molecule has 0 fully saturated rings. The van der Waals surface area contributed by atoms with Gasteiger partial charge in [-0.3, -0.25) is 0 Å². The van der Waals surface area contributed by atoms with Crippen LogP contribution in [-0.4, -0.2) is 0 Å². The van der Waals surface area contributed by atoms with Gasteiger partial charge in [-0.05, 0) is 74.1 Å². The van der Waals surface area contributed by atoms with Crippen molar-refractivity contribution >= 4 is 86.0 Å². The predicted molar refractivity (Wildman–Crippen MR) is 182 cm³/mol. The third-order valence-electron chi connectivity index (χ3n) is 8.94. The van der Waals surface area contributed by atoms with Gasteiger partial charge in [-0.25, -0.2) is 0 Å². The van der Waals surface area contributed by atoms with Gasteiger partial charge in [0.1, 0.15) is 16.7 Å². The minimum atomic E-state index is 0.837. The molecule has 10 rings (SSSR count). The van der Waals surface area contributed by atoms with E-state index >= 15 is 0 Å². The maximum atomic E-state index is 6.42. The third-order valence-corrected chi connectivity index (χ3v) is 10.1. The minimum Gasteiger partial charge on any atom is -0.464 e. The molecule has 3 heterocycles. The van der Waals surface area contributed by atoms with Gasteiger partial charge in [0.25, 0.3) is 0 Å². The largest absolute Gasteiger partial charge is 0.464 e. The molecule has 0 spiro atoms. The van der Waals surface area contributed by atoms with E-state index < -0.39 is 0 Å². The van der Waals surface area contributed by atoms with E-state index in [1.807, 2.05) is 23.5 Å². The van der Waals surface area contributed by atoms with Crippen molar-refractivity contribution in [1.82, 2.24) is 0 Å². The lowest BCUT2D eigenvalue weighted by Crippen LogP contribution is -1.91. The molecule has 0 radical (unpaired) electrons. The first kappa shape index (κ1) is 23.2. The van der Waals surface area contributed by atoms with Crippen molar-refractivity contribution in [1.29, 1.82) is 0 Å². The average Bonchev–Trinajstić information content (AvgIpc) is 3.76. The Morgan fingerprint density at radius 3 is 1.93 bits per heavy atom. The van der Waals surface area contributed by atoms with E-state index in [1.54, 1.807) is 6.26 Å². The van der Waals surface area contributed by atoms with Gasteiger partial charge >= 0.3 is 0 Å². The summed E-state index contributed by atoms with van der Waals surface area (Å²) in [6.45, 7) is 0. The number of furan rings is 2. The summed E-state index contributed by atoms with van der Waals surface area (Å²) in [5, 5.41) is 10.9. The van der Waals surface area contributed by atoms with Crippen LogP contribution in [0.4, 0.5) is 0 Å². The Morgan fingerprint density at radius 1 is 0.442 bits per heavy atom. The molecule has 0 saturated heterocycles. The minimum absolute atomic E-state index is 0.837. The van der Waals surface area contributed by atoms with Gasteiger partial charge in [0.05, 0.1) is 6.26 Å². The zero-order valence-corrected chi connectivity index (χ0v) is 23.7. The molecule has 43 heavy (non-hydrogen) atoms. The van der Waals surface area contributed by atoms with Gasteiger partial charge in [-0.15, -0.1) is 11.3 Å². The summed E-state index contributed by atoms with van der Waals surface area (Å²) in [6, 6.07) is 46.1. The number of thiophene rings is 1. The molecule has 0 amide bonds. The Labute approximate surface area is 250 Å². The summed E-state index contributed by atoms with van der Waals surface area (Å²) in [6.07, 6.45) is 1.74. The summed E-state index contributed by atoms with van der Waals surface area (Å²) >= 11 is 1.87. The van der Waals surface area contributed by atoms with E-state index in [4.69, 9.17) is 8.83 Å². The molecule has 3 heteroatoms. The number of hydrogen-bond acceptors (Lipinski definition) is 3. The summed E-state index contributed by atoms with van der Waals surface area (Å²) < 4.78 is 14.8. The van der Waals surface area contributed by atoms with E-state index in [9.17, 15) is 0 Å². The Balaban J connectivity index is 1.33. The molecule has 0 saturated carbocycles. The molecule has 0 aliphatic rings. The van der Waals surface area contributed by atoms with Crippen molar-refractivity contribution < 1.29 is 8.83 Å². The van der Waals surface area contributed by atoms with Gasteiger partial charge in [-0.1, -0.05) is 91.0 Å². The van der Waals surface area contributed by atoms with Crippen LogP contribution in [0.2, 0.25) is 0 Å². The summed E-state index contributed by atoms with van der Waals surface area (Å²) in [5.74, 6) is 0. The second-order valence-electron chi connectivity index (χ2n) is 11.2. The zero-order chi connectivity index (χ0) is 28.1. The van der Waals surface area contributed by atoms with Crippen LogP contribution in [0, 0.1) is 0 Å². The number of fused-ring (bicyclic) bond motifs is 9. The Kier molecular flexibility index (Phi) is 4.63. The molecule has 0 N–H and O–H groups in total. The fourth-order valence-corrected chi connectivity index (χ4v) is 8.25. The van der Waals surface area contributed by atoms with Crippen LogP contribution in [0.15, 0.2) is 142 Å². The third kappa shape index (κ3) is 3.23. The average molecular weight is 567 g/mol. The van der Waals surface area contributed by atoms with E-state index in [2.05, 4.69) is 115 Å². The van der Waals surface area contributed by atoms with Crippen molar-refractivity contribution in [2.75, 3.05) is 0 Å². The fraction of sp³-hybridized carbons (Fsp3) is 0. The molecule has 3 aromatic heterocycles. The Hall–Kier alpha value is -5.38. The van der Waals surface area contributed by atoms with Crippen molar-refractivity contribution in [2.45, 2.75) is 0 Å². The Bertz CT molecular complexity index is 2680. The monoisotopic (exact) mass is 566 g/mol. The quantitative estimate of drug-likeness (QED) is 0.195. The molecule has 0 bridgehead atoms. The molecule has 200 valence electrons. The molecule has 0 unspecified atom stereocenters. The zero-order valence-electron chi connectivity index (χ0n) is 22.9. The molecule has 0 atom stereocenters. The number of benzene rings is 7. The second-order valence-corrected chi connectivity index (χ2v) is 12.3. The normalized spacial score (nSPS) is 12.2. The predicted octanol–water partition coefficient (Wildman–Crippen LogP) is 12.3. The van der Waals surface area contributed by atoms with E-state index in [0.717, 1.165) is 32.9 Å². The maximum absolute atomic E-state index is 6.42. The van der Waals surface area contributed by atoms with Crippen LogP contribution in [-0.2, 0) is 0 Å². The number of rotatable bonds is 2. The maximum Gasteiger partial charge on any atom is 0.139 e.